The number of pyridine rings is 1. The van der Waals surface area contributed by atoms with Crippen molar-refractivity contribution in [3.8, 4) is 11.5 Å². The lowest BCUT2D eigenvalue weighted by molar-refractivity contribution is -0.0197. The predicted molar refractivity (Wildman–Crippen MR) is 133 cm³/mol. The summed E-state index contributed by atoms with van der Waals surface area (Å²) in [7, 11) is 0. The normalized spacial score (nSPS) is 23.3. The van der Waals surface area contributed by atoms with Crippen LogP contribution in [-0.4, -0.2) is 70.9 Å². The van der Waals surface area contributed by atoms with Crippen LogP contribution >= 0.6 is 0 Å². The van der Waals surface area contributed by atoms with Gasteiger partial charge in [-0.05, 0) is 17.7 Å². The van der Waals surface area contributed by atoms with Gasteiger partial charge in [-0.3, -0.25) is 19.3 Å². The Kier molecular flexibility index (Phi) is 5.32. The van der Waals surface area contributed by atoms with Crippen molar-refractivity contribution in [1.29, 1.82) is 0 Å². The average molecular weight is 539 g/mol. The topological polar surface area (TPSA) is 108 Å². The third kappa shape index (κ3) is 3.31. The van der Waals surface area contributed by atoms with Crippen LogP contribution in [-0.2, 0) is 11.3 Å². The standard InChI is InChI=1S/C27H24F2N4O6/c28-18-5-4-15-17(22(18)29)10-31-14(11-34)12-39-20-3-1-2-16(24(20)31)23(15)33-21-13-38-9-8-30(21)27(37)25-26(36)19(35)6-7-32(25)33/h1-7,14,21,23,34,36H,8-13H2/t14-,21?,23?/m1/s1. The van der Waals surface area contributed by atoms with Crippen LogP contribution in [0.4, 0.5) is 14.5 Å². The maximum absolute atomic E-state index is 15.6. The SMILES string of the molecule is O=C1c2c(O)c(=O)ccn2N(C2c3ccc(F)c(F)c3CN3c4c(cccc42)OC[C@H]3CO)C2COCCN12. The average Bonchev–Trinajstić information content (AvgIpc) is 3.10. The number of halogens is 2. The fourth-order valence-electron chi connectivity index (χ4n) is 6.18. The molecule has 1 amide bonds. The Balaban J connectivity index is 1.56. The zero-order valence-electron chi connectivity index (χ0n) is 20.6. The van der Waals surface area contributed by atoms with Gasteiger partial charge in [0.2, 0.25) is 5.43 Å². The molecule has 3 aromatic rings. The van der Waals surface area contributed by atoms with Gasteiger partial charge < -0.3 is 29.5 Å². The summed E-state index contributed by atoms with van der Waals surface area (Å²) in [6.07, 6.45) is 0.693. The Morgan fingerprint density at radius 2 is 1.87 bits per heavy atom. The predicted octanol–water partition coefficient (Wildman–Crippen LogP) is 1.45. The van der Waals surface area contributed by atoms with Crippen LogP contribution in [0.5, 0.6) is 11.5 Å². The molecule has 12 heteroatoms. The van der Waals surface area contributed by atoms with Gasteiger partial charge in [-0.1, -0.05) is 18.2 Å². The number of carbonyl (C=O) groups is 1. The lowest BCUT2D eigenvalue weighted by Crippen LogP contribution is -2.66. The summed E-state index contributed by atoms with van der Waals surface area (Å²) >= 11 is 0. The van der Waals surface area contributed by atoms with Crippen molar-refractivity contribution in [3.05, 3.63) is 86.8 Å². The molecule has 39 heavy (non-hydrogen) atoms. The lowest BCUT2D eigenvalue weighted by Gasteiger charge is -2.51. The molecule has 2 unspecified atom stereocenters. The number of morpholine rings is 1. The van der Waals surface area contributed by atoms with Gasteiger partial charge in [0, 0.05) is 36.5 Å². The zero-order chi connectivity index (χ0) is 27.0. The fraction of sp³-hybridized carbons (Fsp3) is 0.333. The third-order valence-corrected chi connectivity index (χ3v) is 7.99. The van der Waals surface area contributed by atoms with E-state index in [0.717, 1.165) is 12.1 Å². The molecule has 2 N–H and O–H groups in total. The number of aromatic nitrogens is 1. The van der Waals surface area contributed by atoms with Crippen molar-refractivity contribution in [1.82, 2.24) is 9.58 Å². The Bertz CT molecular complexity index is 1580. The van der Waals surface area contributed by atoms with Gasteiger partial charge in [0.05, 0.1) is 31.5 Å². The first-order valence-electron chi connectivity index (χ1n) is 12.6. The van der Waals surface area contributed by atoms with Crippen LogP contribution < -0.4 is 20.1 Å². The molecule has 5 heterocycles. The van der Waals surface area contributed by atoms with Crippen LogP contribution in [0, 0.1) is 11.6 Å². The second-order valence-electron chi connectivity index (χ2n) is 9.96. The molecule has 0 spiro atoms. The molecule has 1 fully saturated rings. The summed E-state index contributed by atoms with van der Waals surface area (Å²) in [5.74, 6) is -2.73. The summed E-state index contributed by atoms with van der Waals surface area (Å²) in [4.78, 5) is 29.3. The molecule has 2 aromatic carbocycles. The molecule has 4 aliphatic rings. The fourth-order valence-corrected chi connectivity index (χ4v) is 6.18. The number of ether oxygens (including phenoxy) is 2. The highest BCUT2D eigenvalue weighted by atomic mass is 19.2. The number of anilines is 1. The van der Waals surface area contributed by atoms with Crippen molar-refractivity contribution >= 4 is 11.6 Å². The summed E-state index contributed by atoms with van der Waals surface area (Å²) in [6, 6.07) is 7.77. The molecule has 0 aliphatic carbocycles. The number of rotatable bonds is 2. The van der Waals surface area contributed by atoms with Crippen molar-refractivity contribution in [2.75, 3.05) is 42.9 Å². The summed E-state index contributed by atoms with van der Waals surface area (Å²) in [5, 5.41) is 22.7. The molecule has 1 aromatic heterocycles. The van der Waals surface area contributed by atoms with E-state index in [1.165, 1.54) is 21.8 Å². The van der Waals surface area contributed by atoms with E-state index in [-0.39, 0.29) is 50.8 Å². The maximum Gasteiger partial charge on any atom is 0.278 e. The van der Waals surface area contributed by atoms with Gasteiger partial charge in [0.25, 0.3) is 5.91 Å². The van der Waals surface area contributed by atoms with Crippen molar-refractivity contribution in [2.24, 2.45) is 0 Å². The van der Waals surface area contributed by atoms with Gasteiger partial charge in [-0.2, -0.15) is 0 Å². The number of benzene rings is 2. The highest BCUT2D eigenvalue weighted by Crippen LogP contribution is 2.49. The number of carbonyl (C=O) groups excluding carboxylic acids is 1. The first-order chi connectivity index (χ1) is 18.9. The van der Waals surface area contributed by atoms with E-state index in [4.69, 9.17) is 9.47 Å². The van der Waals surface area contributed by atoms with Crippen LogP contribution in [0.2, 0.25) is 0 Å². The van der Waals surface area contributed by atoms with E-state index in [1.54, 1.807) is 17.1 Å². The number of para-hydroxylation sites is 1. The molecular formula is C27H24F2N4O6. The molecule has 3 atom stereocenters. The second kappa shape index (κ2) is 8.68. The number of nitrogens with zero attached hydrogens (tertiary/aromatic N) is 4. The molecule has 7 rings (SSSR count). The van der Waals surface area contributed by atoms with Gasteiger partial charge in [-0.25, -0.2) is 8.78 Å². The highest BCUT2D eigenvalue weighted by molar-refractivity contribution is 5.96. The minimum absolute atomic E-state index is 0.0338. The molecule has 0 saturated carbocycles. The van der Waals surface area contributed by atoms with Crippen LogP contribution in [0.3, 0.4) is 0 Å². The largest absolute Gasteiger partial charge is 0.502 e. The number of hydrogen-bond acceptors (Lipinski definition) is 8. The lowest BCUT2D eigenvalue weighted by atomic mass is 9.92. The monoisotopic (exact) mass is 538 g/mol. The minimum atomic E-state index is -1.01. The van der Waals surface area contributed by atoms with Gasteiger partial charge in [-0.15, -0.1) is 0 Å². The minimum Gasteiger partial charge on any atom is -0.502 e. The van der Waals surface area contributed by atoms with E-state index in [1.807, 2.05) is 11.0 Å². The number of fused-ring (bicyclic) bond motifs is 3. The Morgan fingerprint density at radius 3 is 2.69 bits per heavy atom. The van der Waals surface area contributed by atoms with Crippen molar-refractivity contribution in [3.63, 3.8) is 0 Å². The molecule has 0 radical (unpaired) electrons. The van der Waals surface area contributed by atoms with Crippen LogP contribution in [0.15, 0.2) is 47.4 Å². The number of aromatic hydroxyl groups is 1. The van der Waals surface area contributed by atoms with E-state index >= 15 is 4.39 Å². The molecule has 4 aliphatic heterocycles. The maximum atomic E-state index is 15.6. The Morgan fingerprint density at radius 1 is 1.03 bits per heavy atom. The first-order valence-corrected chi connectivity index (χ1v) is 12.6. The van der Waals surface area contributed by atoms with Crippen LogP contribution in [0.1, 0.15) is 33.2 Å². The van der Waals surface area contributed by atoms with E-state index in [0.29, 0.717) is 22.6 Å². The van der Waals surface area contributed by atoms with Gasteiger partial charge in [0.1, 0.15) is 24.6 Å². The zero-order valence-corrected chi connectivity index (χ0v) is 20.6. The van der Waals surface area contributed by atoms with Gasteiger partial charge in [0.15, 0.2) is 23.1 Å². The molecular weight excluding hydrogens is 514 g/mol. The van der Waals surface area contributed by atoms with Gasteiger partial charge >= 0.3 is 0 Å². The van der Waals surface area contributed by atoms with E-state index in [9.17, 15) is 24.2 Å². The Hall–Kier alpha value is -4.16. The first kappa shape index (κ1) is 23.9. The third-order valence-electron chi connectivity index (χ3n) is 7.99. The number of amides is 1. The van der Waals surface area contributed by atoms with Crippen LogP contribution in [0.25, 0.3) is 0 Å². The smallest absolute Gasteiger partial charge is 0.278 e. The quantitative estimate of drug-likeness (QED) is 0.505. The van der Waals surface area contributed by atoms with Crippen molar-refractivity contribution in [2.45, 2.75) is 24.8 Å². The number of hydrogen-bond donors (Lipinski definition) is 2. The molecule has 10 nitrogen and oxygen atoms in total. The Labute approximate surface area is 220 Å². The number of aliphatic hydroxyl groups is 1. The summed E-state index contributed by atoms with van der Waals surface area (Å²) < 4.78 is 43.4. The van der Waals surface area contributed by atoms with Crippen molar-refractivity contribution < 1.29 is 33.3 Å². The highest BCUT2D eigenvalue weighted by Gasteiger charge is 2.48. The molecule has 202 valence electrons. The summed E-state index contributed by atoms with van der Waals surface area (Å²) in [5.41, 5.74) is 0.848. The van der Waals surface area contributed by atoms with E-state index < -0.39 is 47.0 Å². The van der Waals surface area contributed by atoms with E-state index in [2.05, 4.69) is 0 Å². The molecule has 0 bridgehead atoms. The second-order valence-corrected chi connectivity index (χ2v) is 9.96. The number of aliphatic hydroxyl groups excluding tert-OH is 1. The molecule has 1 saturated heterocycles. The summed E-state index contributed by atoms with van der Waals surface area (Å²) in [6.45, 7) is 0.412.